The van der Waals surface area contributed by atoms with Crippen molar-refractivity contribution in [1.82, 2.24) is 19.4 Å². The van der Waals surface area contributed by atoms with E-state index in [4.69, 9.17) is 0 Å². The summed E-state index contributed by atoms with van der Waals surface area (Å²) >= 11 is 0. The van der Waals surface area contributed by atoms with Gasteiger partial charge in [0.1, 0.15) is 5.52 Å². The first-order chi connectivity index (χ1) is 10.1. The molecule has 7 heteroatoms. The van der Waals surface area contributed by atoms with Gasteiger partial charge in [0.05, 0.1) is 0 Å². The first-order valence-corrected chi connectivity index (χ1v) is 6.90. The van der Waals surface area contributed by atoms with Crippen molar-refractivity contribution in [1.29, 1.82) is 0 Å². The summed E-state index contributed by atoms with van der Waals surface area (Å²) in [6, 6.07) is 3.65. The van der Waals surface area contributed by atoms with Gasteiger partial charge in [0, 0.05) is 46.3 Å². The van der Waals surface area contributed by atoms with Crippen molar-refractivity contribution in [3.63, 3.8) is 0 Å². The largest absolute Gasteiger partial charge is 0.348 e. The second-order valence-corrected chi connectivity index (χ2v) is 5.14. The van der Waals surface area contributed by atoms with Gasteiger partial charge in [-0.1, -0.05) is 0 Å². The van der Waals surface area contributed by atoms with Crippen LogP contribution >= 0.6 is 0 Å². The second-order valence-electron chi connectivity index (χ2n) is 5.14. The van der Waals surface area contributed by atoms with Crippen molar-refractivity contribution in [3.8, 4) is 0 Å². The lowest BCUT2D eigenvalue weighted by molar-refractivity contribution is -0.129. The number of carbonyl (C=O) groups excluding carboxylic acids is 1. The molecule has 0 radical (unpaired) electrons. The van der Waals surface area contributed by atoms with Crippen molar-refractivity contribution >= 4 is 22.9 Å². The summed E-state index contributed by atoms with van der Waals surface area (Å²) in [5.74, 6) is 0.499. The molecular formula is C14H17N5O2. The Balaban J connectivity index is 1.97. The van der Waals surface area contributed by atoms with Crippen molar-refractivity contribution in [2.45, 2.75) is 6.92 Å². The molecule has 3 heterocycles. The lowest BCUT2D eigenvalue weighted by atomic mass is 10.3. The average Bonchev–Trinajstić information content (AvgIpc) is 2.51. The minimum atomic E-state index is -0.155. The Morgan fingerprint density at radius 1 is 1.24 bits per heavy atom. The topological polar surface area (TPSA) is 71.3 Å². The van der Waals surface area contributed by atoms with E-state index in [1.807, 2.05) is 11.0 Å². The van der Waals surface area contributed by atoms with Crippen LogP contribution < -0.4 is 10.5 Å². The molecule has 21 heavy (non-hydrogen) atoms. The molecule has 1 saturated heterocycles. The number of rotatable bonds is 1. The van der Waals surface area contributed by atoms with Gasteiger partial charge in [0.25, 0.3) is 5.56 Å². The highest BCUT2D eigenvalue weighted by Gasteiger charge is 2.22. The Morgan fingerprint density at radius 3 is 2.62 bits per heavy atom. The maximum atomic E-state index is 12.4. The van der Waals surface area contributed by atoms with Crippen molar-refractivity contribution in [2.24, 2.45) is 7.05 Å². The van der Waals surface area contributed by atoms with E-state index in [0.29, 0.717) is 43.2 Å². The molecule has 1 fully saturated rings. The first kappa shape index (κ1) is 13.5. The fourth-order valence-corrected chi connectivity index (χ4v) is 2.58. The highest BCUT2D eigenvalue weighted by atomic mass is 16.2. The van der Waals surface area contributed by atoms with Gasteiger partial charge >= 0.3 is 0 Å². The SMILES string of the molecule is CC(=O)N1CCN(c2nc3cccnc3n(C)c2=O)CC1. The fourth-order valence-electron chi connectivity index (χ4n) is 2.58. The normalized spacial score (nSPS) is 15.5. The molecule has 0 N–H and O–H groups in total. The average molecular weight is 287 g/mol. The van der Waals surface area contributed by atoms with E-state index in [-0.39, 0.29) is 11.5 Å². The Morgan fingerprint density at radius 2 is 1.95 bits per heavy atom. The van der Waals surface area contributed by atoms with Crippen LogP contribution in [0, 0.1) is 0 Å². The maximum absolute atomic E-state index is 12.4. The van der Waals surface area contributed by atoms with Crippen molar-refractivity contribution in [2.75, 3.05) is 31.1 Å². The minimum absolute atomic E-state index is 0.0678. The Hall–Kier alpha value is -2.44. The number of anilines is 1. The Kier molecular flexibility index (Phi) is 3.32. The predicted molar refractivity (Wildman–Crippen MR) is 79.2 cm³/mol. The van der Waals surface area contributed by atoms with E-state index in [9.17, 15) is 9.59 Å². The van der Waals surface area contributed by atoms with E-state index in [1.165, 1.54) is 4.57 Å². The molecule has 1 aliphatic heterocycles. The standard InChI is InChI=1S/C14H17N5O2/c1-10(20)18-6-8-19(9-7-18)13-14(21)17(2)12-11(16-13)4-3-5-15-12/h3-5H,6-9H2,1-2H3. The monoisotopic (exact) mass is 287 g/mol. The maximum Gasteiger partial charge on any atom is 0.294 e. The third kappa shape index (κ3) is 2.35. The molecule has 7 nitrogen and oxygen atoms in total. The minimum Gasteiger partial charge on any atom is -0.348 e. The van der Waals surface area contributed by atoms with Gasteiger partial charge in [-0.15, -0.1) is 0 Å². The zero-order valence-electron chi connectivity index (χ0n) is 12.1. The van der Waals surface area contributed by atoms with Crippen LogP contribution in [-0.4, -0.2) is 51.5 Å². The van der Waals surface area contributed by atoms with Gasteiger partial charge in [-0.25, -0.2) is 9.97 Å². The number of pyridine rings is 1. The molecule has 0 saturated carbocycles. The summed E-state index contributed by atoms with van der Waals surface area (Å²) in [5, 5.41) is 0. The van der Waals surface area contributed by atoms with Gasteiger partial charge in [-0.05, 0) is 12.1 Å². The third-order valence-electron chi connectivity index (χ3n) is 3.83. The van der Waals surface area contributed by atoms with Gasteiger partial charge < -0.3 is 9.80 Å². The molecule has 1 aliphatic rings. The molecule has 0 spiro atoms. The molecule has 0 aromatic carbocycles. The summed E-state index contributed by atoms with van der Waals surface area (Å²) in [6.07, 6.45) is 1.65. The van der Waals surface area contributed by atoms with Gasteiger partial charge in [-0.3, -0.25) is 14.2 Å². The third-order valence-corrected chi connectivity index (χ3v) is 3.83. The van der Waals surface area contributed by atoms with E-state index >= 15 is 0 Å². The molecule has 0 bridgehead atoms. The van der Waals surface area contributed by atoms with E-state index in [0.717, 1.165) is 0 Å². The molecule has 1 amide bonds. The first-order valence-electron chi connectivity index (χ1n) is 6.90. The summed E-state index contributed by atoms with van der Waals surface area (Å²) in [5.41, 5.74) is 1.12. The zero-order chi connectivity index (χ0) is 15.0. The molecule has 0 atom stereocenters. The molecule has 0 aliphatic carbocycles. The summed E-state index contributed by atoms with van der Waals surface area (Å²) in [6.45, 7) is 4.03. The van der Waals surface area contributed by atoms with Crippen LogP contribution in [0.4, 0.5) is 5.82 Å². The number of carbonyl (C=O) groups is 1. The summed E-state index contributed by atoms with van der Waals surface area (Å²) in [4.78, 5) is 36.2. The van der Waals surface area contributed by atoms with Crippen LogP contribution in [0.1, 0.15) is 6.92 Å². The molecule has 0 unspecified atom stereocenters. The predicted octanol–water partition coefficient (Wildman–Crippen LogP) is -0.00300. The van der Waals surface area contributed by atoms with Crippen LogP contribution in [-0.2, 0) is 11.8 Å². The second kappa shape index (κ2) is 5.16. The van der Waals surface area contributed by atoms with Crippen molar-refractivity contribution in [3.05, 3.63) is 28.7 Å². The highest BCUT2D eigenvalue weighted by Crippen LogP contribution is 2.13. The Bertz CT molecular complexity index is 747. The molecule has 110 valence electrons. The number of fused-ring (bicyclic) bond motifs is 1. The quantitative estimate of drug-likeness (QED) is 0.738. The number of aromatic nitrogens is 3. The fraction of sp³-hybridized carbons (Fsp3) is 0.429. The van der Waals surface area contributed by atoms with Gasteiger partial charge in [0.2, 0.25) is 5.91 Å². The van der Waals surface area contributed by atoms with Crippen molar-refractivity contribution < 1.29 is 4.79 Å². The molecule has 3 rings (SSSR count). The van der Waals surface area contributed by atoms with Crippen LogP contribution in [0.15, 0.2) is 23.1 Å². The Labute approximate surface area is 121 Å². The number of amides is 1. The van der Waals surface area contributed by atoms with E-state index in [2.05, 4.69) is 9.97 Å². The molecular weight excluding hydrogens is 270 g/mol. The van der Waals surface area contributed by atoms with Crippen LogP contribution in [0.2, 0.25) is 0 Å². The summed E-state index contributed by atoms with van der Waals surface area (Å²) in [7, 11) is 1.70. The molecule has 2 aromatic heterocycles. The van der Waals surface area contributed by atoms with Crippen LogP contribution in [0.3, 0.4) is 0 Å². The van der Waals surface area contributed by atoms with Crippen LogP contribution in [0.5, 0.6) is 0 Å². The van der Waals surface area contributed by atoms with E-state index < -0.39 is 0 Å². The van der Waals surface area contributed by atoms with E-state index in [1.54, 1.807) is 31.1 Å². The lowest BCUT2D eigenvalue weighted by Crippen LogP contribution is -2.50. The van der Waals surface area contributed by atoms with Crippen LogP contribution in [0.25, 0.3) is 11.2 Å². The number of piperazine rings is 1. The lowest BCUT2D eigenvalue weighted by Gasteiger charge is -2.34. The highest BCUT2D eigenvalue weighted by molar-refractivity contribution is 5.74. The smallest absolute Gasteiger partial charge is 0.294 e. The number of hydrogen-bond acceptors (Lipinski definition) is 5. The zero-order valence-corrected chi connectivity index (χ0v) is 12.1. The summed E-state index contributed by atoms with van der Waals surface area (Å²) < 4.78 is 1.52. The molecule has 2 aromatic rings. The van der Waals surface area contributed by atoms with Gasteiger partial charge in [-0.2, -0.15) is 0 Å². The number of aryl methyl sites for hydroxylation is 1. The number of hydrogen-bond donors (Lipinski definition) is 0. The van der Waals surface area contributed by atoms with Gasteiger partial charge in [0.15, 0.2) is 11.5 Å². The number of nitrogens with zero attached hydrogens (tertiary/aromatic N) is 5.